The Hall–Kier alpha value is -0.640. The van der Waals surface area contributed by atoms with Gasteiger partial charge in [-0.3, -0.25) is 0 Å². The highest BCUT2D eigenvalue weighted by Crippen LogP contribution is 2.66. The van der Waals surface area contributed by atoms with Gasteiger partial charge in [-0.1, -0.05) is 46.3 Å². The minimum absolute atomic E-state index is 0.0376. The summed E-state index contributed by atoms with van der Waals surface area (Å²) in [6.07, 6.45) is 11.1. The predicted octanol–water partition coefficient (Wildman–Crippen LogP) is 5.51. The lowest BCUT2D eigenvalue weighted by atomic mass is 9.46. The predicted molar refractivity (Wildman–Crippen MR) is 134 cm³/mol. The Morgan fingerprint density at radius 1 is 1.00 bits per heavy atom. The highest BCUT2D eigenvalue weighted by molar-refractivity contribution is 5.49. The number of hydrogen-bond donors (Lipinski definition) is 1. The van der Waals surface area contributed by atoms with E-state index in [0.29, 0.717) is 16.7 Å². The lowest BCUT2D eigenvalue weighted by Crippen LogP contribution is -2.53. The van der Waals surface area contributed by atoms with Crippen LogP contribution in [-0.4, -0.2) is 60.8 Å². The molecule has 1 saturated carbocycles. The summed E-state index contributed by atoms with van der Waals surface area (Å²) in [7, 11) is 2.26. The fourth-order valence-corrected chi connectivity index (χ4v) is 9.14. The van der Waals surface area contributed by atoms with Gasteiger partial charge in [0.05, 0.1) is 6.10 Å². The Balaban J connectivity index is 1.37. The van der Waals surface area contributed by atoms with Crippen LogP contribution in [0.4, 0.5) is 0 Å². The normalized spacial score (nSPS) is 43.3. The van der Waals surface area contributed by atoms with E-state index in [0.717, 1.165) is 18.3 Å². The van der Waals surface area contributed by atoms with Gasteiger partial charge in [0.2, 0.25) is 0 Å². The Morgan fingerprint density at radius 3 is 2.44 bits per heavy atom. The van der Waals surface area contributed by atoms with Gasteiger partial charge in [0.15, 0.2) is 0 Å². The van der Waals surface area contributed by atoms with Crippen molar-refractivity contribution in [2.45, 2.75) is 85.7 Å². The molecule has 1 heterocycles. The minimum atomic E-state index is -0.137. The lowest BCUT2D eigenvalue weighted by molar-refractivity contribution is -0.0905. The number of aliphatic hydroxyl groups excluding tert-OH is 1. The highest BCUT2D eigenvalue weighted by atomic mass is 16.3. The third-order valence-electron chi connectivity index (χ3n) is 11.3. The van der Waals surface area contributed by atoms with E-state index in [2.05, 4.69) is 57.5 Å². The third-order valence-corrected chi connectivity index (χ3v) is 11.3. The molecule has 5 aliphatic rings. The van der Waals surface area contributed by atoms with Crippen molar-refractivity contribution in [2.24, 2.45) is 34.0 Å². The van der Waals surface area contributed by atoms with Gasteiger partial charge in [-0.25, -0.2) is 0 Å². The SMILES string of the molecule is C[C@H](CN1CCN(C)CC1)[C@H]1CC=C2C3=C(CC[C@@]21C)[C@@]1(C)CCC(O)C(C)(C)C1CC3. The Morgan fingerprint density at radius 2 is 1.72 bits per heavy atom. The summed E-state index contributed by atoms with van der Waals surface area (Å²) in [6.45, 7) is 18.6. The number of fused-ring (bicyclic) bond motifs is 4. The van der Waals surface area contributed by atoms with E-state index < -0.39 is 0 Å². The number of hydrogen-bond acceptors (Lipinski definition) is 3. The smallest absolute Gasteiger partial charge is 0.0594 e. The van der Waals surface area contributed by atoms with Crippen molar-refractivity contribution < 1.29 is 5.11 Å². The molecule has 180 valence electrons. The van der Waals surface area contributed by atoms with Crippen molar-refractivity contribution in [1.29, 1.82) is 0 Å². The number of nitrogens with zero attached hydrogens (tertiary/aromatic N) is 2. The second-order valence-electron chi connectivity index (χ2n) is 13.3. The summed E-state index contributed by atoms with van der Waals surface area (Å²) in [6, 6.07) is 0. The molecular formula is C29H48N2O. The van der Waals surface area contributed by atoms with Crippen molar-refractivity contribution in [3.63, 3.8) is 0 Å². The van der Waals surface area contributed by atoms with Crippen molar-refractivity contribution in [3.8, 4) is 0 Å². The van der Waals surface area contributed by atoms with Crippen LogP contribution in [0.2, 0.25) is 0 Å². The van der Waals surface area contributed by atoms with E-state index in [1.54, 1.807) is 16.7 Å². The van der Waals surface area contributed by atoms with Gasteiger partial charge >= 0.3 is 0 Å². The van der Waals surface area contributed by atoms with E-state index in [1.165, 1.54) is 71.2 Å². The van der Waals surface area contributed by atoms with Gasteiger partial charge in [-0.15, -0.1) is 0 Å². The number of allylic oxidation sites excluding steroid dienone is 4. The van der Waals surface area contributed by atoms with Crippen LogP contribution in [0.5, 0.6) is 0 Å². The molecule has 1 saturated heterocycles. The topological polar surface area (TPSA) is 26.7 Å². The van der Waals surface area contributed by atoms with E-state index in [-0.39, 0.29) is 11.5 Å². The maximum Gasteiger partial charge on any atom is 0.0594 e. The summed E-state index contributed by atoms with van der Waals surface area (Å²) in [4.78, 5) is 5.19. The van der Waals surface area contributed by atoms with Crippen LogP contribution in [0, 0.1) is 34.0 Å². The lowest BCUT2D eigenvalue weighted by Gasteiger charge is -2.59. The molecule has 3 heteroatoms. The number of piperazine rings is 1. The van der Waals surface area contributed by atoms with Crippen molar-refractivity contribution >= 4 is 0 Å². The highest BCUT2D eigenvalue weighted by Gasteiger charge is 2.57. The van der Waals surface area contributed by atoms with Crippen LogP contribution in [0.15, 0.2) is 22.8 Å². The van der Waals surface area contributed by atoms with Crippen molar-refractivity contribution in [1.82, 2.24) is 9.80 Å². The van der Waals surface area contributed by atoms with E-state index in [4.69, 9.17) is 0 Å². The molecule has 6 atom stereocenters. The van der Waals surface area contributed by atoms with Crippen molar-refractivity contribution in [2.75, 3.05) is 39.8 Å². The zero-order valence-corrected chi connectivity index (χ0v) is 21.7. The minimum Gasteiger partial charge on any atom is -0.393 e. The molecule has 4 aliphatic carbocycles. The van der Waals surface area contributed by atoms with Gasteiger partial charge in [0, 0.05) is 32.7 Å². The molecule has 0 aromatic rings. The summed E-state index contributed by atoms with van der Waals surface area (Å²) in [5.41, 5.74) is 6.01. The molecular weight excluding hydrogens is 392 g/mol. The summed E-state index contributed by atoms with van der Waals surface area (Å²) in [5.74, 6) is 2.17. The monoisotopic (exact) mass is 440 g/mol. The number of rotatable bonds is 3. The molecule has 5 rings (SSSR count). The molecule has 0 aromatic carbocycles. The Kier molecular flexibility index (Phi) is 5.75. The average Bonchev–Trinajstić information content (AvgIpc) is 3.10. The van der Waals surface area contributed by atoms with Crippen LogP contribution in [0.3, 0.4) is 0 Å². The average molecular weight is 441 g/mol. The largest absolute Gasteiger partial charge is 0.393 e. The molecule has 2 unspecified atom stereocenters. The zero-order valence-electron chi connectivity index (χ0n) is 21.7. The van der Waals surface area contributed by atoms with E-state index in [9.17, 15) is 5.11 Å². The van der Waals surface area contributed by atoms with Gasteiger partial charge in [-0.05, 0) is 97.1 Å². The second kappa shape index (κ2) is 7.95. The van der Waals surface area contributed by atoms with Gasteiger partial charge in [0.1, 0.15) is 0 Å². The maximum atomic E-state index is 10.8. The molecule has 0 radical (unpaired) electrons. The van der Waals surface area contributed by atoms with Crippen LogP contribution in [0.25, 0.3) is 0 Å². The molecule has 1 aliphatic heterocycles. The summed E-state index contributed by atoms with van der Waals surface area (Å²) in [5, 5.41) is 10.8. The van der Waals surface area contributed by atoms with E-state index in [1.807, 2.05) is 0 Å². The molecule has 0 aromatic heterocycles. The second-order valence-corrected chi connectivity index (χ2v) is 13.3. The molecule has 1 N–H and O–H groups in total. The van der Waals surface area contributed by atoms with Crippen LogP contribution < -0.4 is 0 Å². The van der Waals surface area contributed by atoms with Crippen LogP contribution in [-0.2, 0) is 0 Å². The Labute approximate surface area is 197 Å². The fraction of sp³-hybridized carbons (Fsp3) is 0.862. The molecule has 0 amide bonds. The standard InChI is InChI=1S/C29H48N2O/c1-20(19-31-17-15-30(6)16-18-31)22-8-9-23-21-7-10-25-27(2,3)26(32)12-14-29(25,5)24(21)11-13-28(22,23)4/h9,20,22,25-26,32H,7-8,10-19H2,1-6H3/t20-,22-,25?,26?,28-,29-/m1/s1. The van der Waals surface area contributed by atoms with Crippen molar-refractivity contribution in [3.05, 3.63) is 22.8 Å². The summed E-state index contributed by atoms with van der Waals surface area (Å²) < 4.78 is 0. The number of likely N-dealkylation sites (N-methyl/N-ethyl adjacent to an activating group) is 1. The Bertz CT molecular complexity index is 804. The molecule has 32 heavy (non-hydrogen) atoms. The first-order valence-corrected chi connectivity index (χ1v) is 13.6. The third kappa shape index (κ3) is 3.40. The summed E-state index contributed by atoms with van der Waals surface area (Å²) >= 11 is 0. The molecule has 2 fully saturated rings. The van der Waals surface area contributed by atoms with Gasteiger partial charge in [0.25, 0.3) is 0 Å². The van der Waals surface area contributed by atoms with Gasteiger partial charge < -0.3 is 14.9 Å². The number of aliphatic hydroxyl groups is 1. The fourth-order valence-electron chi connectivity index (χ4n) is 9.14. The first-order valence-electron chi connectivity index (χ1n) is 13.6. The quantitative estimate of drug-likeness (QED) is 0.627. The van der Waals surface area contributed by atoms with E-state index >= 15 is 0 Å². The maximum absolute atomic E-state index is 10.8. The molecule has 0 spiro atoms. The van der Waals surface area contributed by atoms with Crippen LogP contribution >= 0.6 is 0 Å². The van der Waals surface area contributed by atoms with Gasteiger partial charge in [-0.2, -0.15) is 0 Å². The molecule has 3 nitrogen and oxygen atoms in total. The first-order chi connectivity index (χ1) is 15.1. The first kappa shape index (κ1) is 23.1. The van der Waals surface area contributed by atoms with Crippen LogP contribution in [0.1, 0.15) is 79.6 Å². The molecule has 0 bridgehead atoms. The zero-order chi connectivity index (χ0) is 22.9.